The molecule has 7 heteroatoms. The normalized spacial score (nSPS) is 17.1. The van der Waals surface area contributed by atoms with Gasteiger partial charge in [0.05, 0.1) is 16.6 Å². The highest BCUT2D eigenvalue weighted by Crippen LogP contribution is 2.31. The van der Waals surface area contributed by atoms with Crippen LogP contribution < -0.4 is 11.1 Å². The molecule has 0 radical (unpaired) electrons. The predicted molar refractivity (Wildman–Crippen MR) is 87.0 cm³/mol. The number of likely N-dealkylation sites (tertiary alicyclic amines) is 1. The van der Waals surface area contributed by atoms with E-state index in [4.69, 9.17) is 40.5 Å². The SMILES string of the molecule is NC(=O)CN1CCC(NCc2c(Cl)ccc(Cl)c2Cl)CC1. The first-order chi connectivity index (χ1) is 9.97. The lowest BCUT2D eigenvalue weighted by atomic mass is 10.0. The van der Waals surface area contributed by atoms with Crippen molar-refractivity contribution in [1.82, 2.24) is 10.2 Å². The molecule has 1 aliphatic heterocycles. The third-order valence-corrected chi connectivity index (χ3v) is 4.87. The van der Waals surface area contributed by atoms with Gasteiger partial charge in [-0.3, -0.25) is 9.69 Å². The average molecular weight is 351 g/mol. The smallest absolute Gasteiger partial charge is 0.231 e. The summed E-state index contributed by atoms with van der Waals surface area (Å²) in [5, 5.41) is 5.08. The highest BCUT2D eigenvalue weighted by Gasteiger charge is 2.20. The summed E-state index contributed by atoms with van der Waals surface area (Å²) in [6.45, 7) is 2.63. The predicted octanol–water partition coefficient (Wildman–Crippen LogP) is 2.69. The van der Waals surface area contributed by atoms with E-state index in [0.717, 1.165) is 31.5 Å². The van der Waals surface area contributed by atoms with E-state index in [9.17, 15) is 4.79 Å². The van der Waals surface area contributed by atoms with Gasteiger partial charge >= 0.3 is 0 Å². The number of piperidine rings is 1. The van der Waals surface area contributed by atoms with Crippen LogP contribution in [0.25, 0.3) is 0 Å². The fourth-order valence-corrected chi connectivity index (χ4v) is 3.17. The molecule has 1 aromatic rings. The molecule has 4 nitrogen and oxygen atoms in total. The zero-order valence-electron chi connectivity index (χ0n) is 11.5. The largest absolute Gasteiger partial charge is 0.369 e. The number of hydrogen-bond acceptors (Lipinski definition) is 3. The van der Waals surface area contributed by atoms with Crippen LogP contribution in [0.5, 0.6) is 0 Å². The number of carbonyl (C=O) groups is 1. The van der Waals surface area contributed by atoms with Gasteiger partial charge in [0.1, 0.15) is 0 Å². The number of benzene rings is 1. The number of primary amides is 1. The Bertz CT molecular complexity index is 516. The van der Waals surface area contributed by atoms with Crippen LogP contribution in [0, 0.1) is 0 Å². The van der Waals surface area contributed by atoms with Crippen molar-refractivity contribution < 1.29 is 4.79 Å². The van der Waals surface area contributed by atoms with Gasteiger partial charge < -0.3 is 11.1 Å². The first kappa shape index (κ1) is 16.8. The van der Waals surface area contributed by atoms with Crippen LogP contribution in [0.1, 0.15) is 18.4 Å². The van der Waals surface area contributed by atoms with Crippen molar-refractivity contribution in [3.05, 3.63) is 32.8 Å². The number of hydrogen-bond donors (Lipinski definition) is 2. The Kier molecular flexibility index (Phi) is 6.14. The molecule has 116 valence electrons. The zero-order valence-corrected chi connectivity index (χ0v) is 13.8. The Hall–Kier alpha value is -0.520. The van der Waals surface area contributed by atoms with E-state index in [-0.39, 0.29) is 5.91 Å². The summed E-state index contributed by atoms with van der Waals surface area (Å²) in [6, 6.07) is 3.82. The molecule has 2 rings (SSSR count). The molecule has 1 heterocycles. The van der Waals surface area contributed by atoms with E-state index in [0.29, 0.717) is 34.2 Å². The molecule has 0 spiro atoms. The van der Waals surface area contributed by atoms with Crippen molar-refractivity contribution in [3.8, 4) is 0 Å². The van der Waals surface area contributed by atoms with Crippen molar-refractivity contribution in [2.75, 3.05) is 19.6 Å². The molecule has 1 aliphatic rings. The molecule has 0 atom stereocenters. The van der Waals surface area contributed by atoms with Gasteiger partial charge in [0, 0.05) is 36.3 Å². The second-order valence-corrected chi connectivity index (χ2v) is 6.41. The number of nitrogens with zero attached hydrogens (tertiary/aromatic N) is 1. The maximum Gasteiger partial charge on any atom is 0.231 e. The summed E-state index contributed by atoms with van der Waals surface area (Å²) in [5.41, 5.74) is 6.03. The second kappa shape index (κ2) is 7.65. The van der Waals surface area contributed by atoms with Gasteiger partial charge in [0.15, 0.2) is 0 Å². The lowest BCUT2D eigenvalue weighted by Crippen LogP contribution is -2.45. The summed E-state index contributed by atoms with van der Waals surface area (Å²) in [6.07, 6.45) is 1.92. The molecule has 21 heavy (non-hydrogen) atoms. The van der Waals surface area contributed by atoms with Gasteiger partial charge in [-0.15, -0.1) is 0 Å². The van der Waals surface area contributed by atoms with Crippen molar-refractivity contribution >= 4 is 40.7 Å². The number of nitrogens with two attached hydrogens (primary N) is 1. The summed E-state index contributed by atoms with van der Waals surface area (Å²) < 4.78 is 0. The fourth-order valence-electron chi connectivity index (χ4n) is 2.49. The molecule has 1 fully saturated rings. The van der Waals surface area contributed by atoms with Gasteiger partial charge in [-0.1, -0.05) is 34.8 Å². The minimum atomic E-state index is -0.279. The molecule has 0 aliphatic carbocycles. The van der Waals surface area contributed by atoms with Crippen LogP contribution in [-0.2, 0) is 11.3 Å². The van der Waals surface area contributed by atoms with Crippen LogP contribution in [0.15, 0.2) is 12.1 Å². The fraction of sp³-hybridized carbons (Fsp3) is 0.500. The molecule has 0 unspecified atom stereocenters. The highest BCUT2D eigenvalue weighted by molar-refractivity contribution is 6.44. The Morgan fingerprint density at radius 1 is 1.24 bits per heavy atom. The molecule has 0 saturated carbocycles. The van der Waals surface area contributed by atoms with E-state index in [1.54, 1.807) is 12.1 Å². The number of nitrogens with one attached hydrogen (secondary N) is 1. The first-order valence-electron chi connectivity index (χ1n) is 6.83. The molecule has 0 aromatic heterocycles. The number of rotatable bonds is 5. The monoisotopic (exact) mass is 349 g/mol. The van der Waals surface area contributed by atoms with E-state index in [1.165, 1.54) is 0 Å². The van der Waals surface area contributed by atoms with Crippen molar-refractivity contribution in [3.63, 3.8) is 0 Å². The summed E-state index contributed by atoms with van der Waals surface area (Å²) in [7, 11) is 0. The van der Waals surface area contributed by atoms with E-state index in [2.05, 4.69) is 10.2 Å². The number of halogens is 3. The average Bonchev–Trinajstić information content (AvgIpc) is 2.44. The molecular weight excluding hydrogens is 333 g/mol. The third kappa shape index (κ3) is 4.73. The van der Waals surface area contributed by atoms with Crippen LogP contribution in [0.3, 0.4) is 0 Å². The summed E-state index contributed by atoms with van der Waals surface area (Å²) in [4.78, 5) is 13.0. The minimum absolute atomic E-state index is 0.279. The first-order valence-corrected chi connectivity index (χ1v) is 7.97. The number of amides is 1. The molecule has 1 saturated heterocycles. The van der Waals surface area contributed by atoms with Gasteiger partial charge in [-0.2, -0.15) is 0 Å². The van der Waals surface area contributed by atoms with Gasteiger partial charge in [0.25, 0.3) is 0 Å². The van der Waals surface area contributed by atoms with Gasteiger partial charge in [-0.25, -0.2) is 0 Å². The van der Waals surface area contributed by atoms with Crippen LogP contribution in [0.4, 0.5) is 0 Å². The van der Waals surface area contributed by atoms with Crippen LogP contribution in [-0.4, -0.2) is 36.5 Å². The molecule has 3 N–H and O–H groups in total. The molecule has 1 amide bonds. The Morgan fingerprint density at radius 2 is 1.86 bits per heavy atom. The van der Waals surface area contributed by atoms with E-state index < -0.39 is 0 Å². The van der Waals surface area contributed by atoms with Gasteiger partial charge in [0.2, 0.25) is 5.91 Å². The zero-order chi connectivity index (χ0) is 15.4. The van der Waals surface area contributed by atoms with E-state index in [1.807, 2.05) is 0 Å². The van der Waals surface area contributed by atoms with Crippen LogP contribution >= 0.6 is 34.8 Å². The maximum absolute atomic E-state index is 10.9. The molecular formula is C14H18Cl3N3O. The quantitative estimate of drug-likeness (QED) is 0.803. The highest BCUT2D eigenvalue weighted by atomic mass is 35.5. The minimum Gasteiger partial charge on any atom is -0.369 e. The lowest BCUT2D eigenvalue weighted by molar-refractivity contribution is -0.119. The molecule has 0 bridgehead atoms. The number of carbonyl (C=O) groups excluding carboxylic acids is 1. The van der Waals surface area contributed by atoms with E-state index >= 15 is 0 Å². The second-order valence-electron chi connectivity index (χ2n) is 5.22. The van der Waals surface area contributed by atoms with Gasteiger partial charge in [-0.05, 0) is 25.0 Å². The third-order valence-electron chi connectivity index (χ3n) is 3.67. The van der Waals surface area contributed by atoms with Crippen molar-refractivity contribution in [1.29, 1.82) is 0 Å². The Balaban J connectivity index is 1.85. The summed E-state index contributed by atoms with van der Waals surface area (Å²) >= 11 is 18.3. The Morgan fingerprint density at radius 3 is 2.48 bits per heavy atom. The van der Waals surface area contributed by atoms with Crippen LogP contribution in [0.2, 0.25) is 15.1 Å². The Labute approximate surface area is 139 Å². The molecule has 1 aromatic carbocycles. The lowest BCUT2D eigenvalue weighted by Gasteiger charge is -2.31. The van der Waals surface area contributed by atoms with Crippen molar-refractivity contribution in [2.24, 2.45) is 5.73 Å². The summed E-state index contributed by atoms with van der Waals surface area (Å²) in [5.74, 6) is -0.279. The van der Waals surface area contributed by atoms with Crippen molar-refractivity contribution in [2.45, 2.75) is 25.4 Å². The maximum atomic E-state index is 10.9. The topological polar surface area (TPSA) is 58.4 Å². The standard InChI is InChI=1S/C14H18Cl3N3O/c15-11-1-2-12(16)14(17)10(11)7-19-9-3-5-20(6-4-9)8-13(18)21/h1-2,9,19H,3-8H2,(H2,18,21).